The Kier molecular flexibility index (Phi) is 3.42. The van der Waals surface area contributed by atoms with Gasteiger partial charge >= 0.3 is 0 Å². The van der Waals surface area contributed by atoms with Gasteiger partial charge in [-0.15, -0.1) is 5.10 Å². The molecular formula is C13H17N5S. The van der Waals surface area contributed by atoms with Crippen molar-refractivity contribution in [3.63, 3.8) is 0 Å². The summed E-state index contributed by atoms with van der Waals surface area (Å²) in [5.41, 5.74) is 2.18. The third-order valence-corrected chi connectivity index (χ3v) is 4.79. The van der Waals surface area contributed by atoms with Gasteiger partial charge in [0.1, 0.15) is 0 Å². The molecule has 1 N–H and O–H groups in total. The van der Waals surface area contributed by atoms with E-state index in [0.717, 1.165) is 17.1 Å². The molecule has 1 aliphatic heterocycles. The van der Waals surface area contributed by atoms with Crippen LogP contribution in [0.25, 0.3) is 11.4 Å². The molecule has 0 spiro atoms. The Morgan fingerprint density at radius 1 is 1.42 bits per heavy atom. The maximum Gasteiger partial charge on any atom is 0.181 e. The fourth-order valence-corrected chi connectivity index (χ4v) is 3.56. The Morgan fingerprint density at radius 3 is 3.00 bits per heavy atom. The van der Waals surface area contributed by atoms with Crippen molar-refractivity contribution in [2.45, 2.75) is 24.6 Å². The van der Waals surface area contributed by atoms with E-state index >= 15 is 0 Å². The zero-order valence-electron chi connectivity index (χ0n) is 11.1. The van der Waals surface area contributed by atoms with Gasteiger partial charge in [0.2, 0.25) is 0 Å². The fraction of sp³-hybridized carbons (Fsp3) is 0.462. The van der Waals surface area contributed by atoms with Crippen molar-refractivity contribution in [2.24, 2.45) is 7.05 Å². The molecule has 19 heavy (non-hydrogen) atoms. The molecule has 1 aromatic heterocycles. The molecule has 0 aliphatic carbocycles. The van der Waals surface area contributed by atoms with E-state index in [0.29, 0.717) is 11.3 Å². The number of thioether (sulfide) groups is 1. The summed E-state index contributed by atoms with van der Waals surface area (Å²) in [7, 11) is 1.85. The second-order valence-electron chi connectivity index (χ2n) is 4.82. The van der Waals surface area contributed by atoms with Crippen LogP contribution < -0.4 is 5.32 Å². The molecule has 0 radical (unpaired) electrons. The second-order valence-corrected chi connectivity index (χ2v) is 6.31. The number of nitrogens with zero attached hydrogens (tertiary/aromatic N) is 4. The highest BCUT2D eigenvalue weighted by Gasteiger charge is 2.23. The topological polar surface area (TPSA) is 55.6 Å². The fourth-order valence-electron chi connectivity index (χ4n) is 2.36. The van der Waals surface area contributed by atoms with Crippen molar-refractivity contribution >= 4 is 17.4 Å². The third-order valence-electron chi connectivity index (χ3n) is 3.47. The molecule has 1 aromatic carbocycles. The first-order valence-corrected chi connectivity index (χ1v) is 7.50. The van der Waals surface area contributed by atoms with Crippen LogP contribution in [-0.2, 0) is 7.05 Å². The van der Waals surface area contributed by atoms with Crippen LogP contribution in [0.4, 0.5) is 5.69 Å². The predicted molar refractivity (Wildman–Crippen MR) is 78.2 cm³/mol. The number of rotatable bonds is 3. The molecule has 1 saturated heterocycles. The first kappa shape index (κ1) is 12.5. The van der Waals surface area contributed by atoms with E-state index in [4.69, 9.17) is 0 Å². The van der Waals surface area contributed by atoms with Crippen LogP contribution in [0.1, 0.15) is 13.3 Å². The van der Waals surface area contributed by atoms with Gasteiger partial charge in [-0.1, -0.05) is 19.1 Å². The van der Waals surface area contributed by atoms with Gasteiger partial charge in [0.15, 0.2) is 5.82 Å². The van der Waals surface area contributed by atoms with E-state index < -0.39 is 0 Å². The van der Waals surface area contributed by atoms with E-state index in [9.17, 15) is 0 Å². The van der Waals surface area contributed by atoms with E-state index in [2.05, 4.69) is 39.9 Å². The van der Waals surface area contributed by atoms with Crippen LogP contribution in [0.15, 0.2) is 24.3 Å². The van der Waals surface area contributed by atoms with Crippen LogP contribution in [-0.4, -0.2) is 37.3 Å². The van der Waals surface area contributed by atoms with Crippen LogP contribution in [0.5, 0.6) is 0 Å². The number of hydrogen-bond donors (Lipinski definition) is 1. The van der Waals surface area contributed by atoms with E-state index in [1.165, 1.54) is 12.2 Å². The zero-order valence-corrected chi connectivity index (χ0v) is 11.9. The van der Waals surface area contributed by atoms with Gasteiger partial charge < -0.3 is 5.32 Å². The summed E-state index contributed by atoms with van der Waals surface area (Å²) in [4.78, 5) is 0. The molecule has 2 unspecified atom stereocenters. The summed E-state index contributed by atoms with van der Waals surface area (Å²) in [5, 5.41) is 15.9. The summed E-state index contributed by atoms with van der Waals surface area (Å²) in [6.07, 6.45) is 1.22. The lowest BCUT2D eigenvalue weighted by Crippen LogP contribution is -2.24. The average molecular weight is 275 g/mol. The van der Waals surface area contributed by atoms with Gasteiger partial charge in [-0.25, -0.2) is 4.68 Å². The summed E-state index contributed by atoms with van der Waals surface area (Å²) in [6, 6.07) is 8.84. The molecule has 5 nitrogen and oxygen atoms in total. The normalized spacial score (nSPS) is 22.6. The minimum Gasteiger partial charge on any atom is -0.381 e. The second kappa shape index (κ2) is 5.21. The van der Waals surface area contributed by atoms with Gasteiger partial charge in [-0.05, 0) is 34.7 Å². The Morgan fingerprint density at radius 2 is 2.32 bits per heavy atom. The summed E-state index contributed by atoms with van der Waals surface area (Å²) in [5.74, 6) is 2.03. The van der Waals surface area contributed by atoms with Crippen molar-refractivity contribution in [1.29, 1.82) is 0 Å². The molecule has 6 heteroatoms. The molecule has 3 rings (SSSR count). The molecule has 1 fully saturated rings. The Hall–Kier alpha value is -1.56. The lowest BCUT2D eigenvalue weighted by Gasteiger charge is -2.18. The van der Waals surface area contributed by atoms with Gasteiger partial charge in [-0.3, -0.25) is 0 Å². The third kappa shape index (κ3) is 2.58. The SMILES string of the molecule is CC1SCCC1Nc1cccc(-c2nnnn2C)c1. The number of anilines is 1. The van der Waals surface area contributed by atoms with E-state index in [1.54, 1.807) is 4.68 Å². The summed E-state index contributed by atoms with van der Waals surface area (Å²) in [6.45, 7) is 2.28. The molecule has 0 bridgehead atoms. The molecule has 1 aliphatic rings. The predicted octanol–water partition coefficient (Wildman–Crippen LogP) is 2.18. The lowest BCUT2D eigenvalue weighted by atomic mass is 10.1. The van der Waals surface area contributed by atoms with Crippen molar-refractivity contribution in [1.82, 2.24) is 20.2 Å². The maximum absolute atomic E-state index is 4.04. The molecule has 0 saturated carbocycles. The van der Waals surface area contributed by atoms with Gasteiger partial charge in [0.05, 0.1) is 0 Å². The largest absolute Gasteiger partial charge is 0.381 e. The van der Waals surface area contributed by atoms with Crippen LogP contribution >= 0.6 is 11.8 Å². The summed E-state index contributed by atoms with van der Waals surface area (Å²) < 4.78 is 1.69. The van der Waals surface area contributed by atoms with Gasteiger partial charge in [0, 0.05) is 29.6 Å². The Labute approximate surface area is 116 Å². The number of benzene rings is 1. The van der Waals surface area contributed by atoms with Crippen molar-refractivity contribution in [3.8, 4) is 11.4 Å². The van der Waals surface area contributed by atoms with Crippen LogP contribution in [0, 0.1) is 0 Å². The van der Waals surface area contributed by atoms with Gasteiger partial charge in [-0.2, -0.15) is 11.8 Å². The highest BCUT2D eigenvalue weighted by Crippen LogP contribution is 2.29. The Bertz CT molecular complexity index is 568. The van der Waals surface area contributed by atoms with Crippen molar-refractivity contribution in [3.05, 3.63) is 24.3 Å². The number of hydrogen-bond acceptors (Lipinski definition) is 5. The molecule has 2 aromatic rings. The zero-order chi connectivity index (χ0) is 13.2. The smallest absolute Gasteiger partial charge is 0.181 e. The van der Waals surface area contributed by atoms with Crippen molar-refractivity contribution < 1.29 is 0 Å². The van der Waals surface area contributed by atoms with E-state index in [-0.39, 0.29) is 0 Å². The molecular weight excluding hydrogens is 258 g/mol. The molecule has 0 amide bonds. The average Bonchev–Trinajstić information content (AvgIpc) is 3.00. The number of nitrogens with one attached hydrogen (secondary N) is 1. The highest BCUT2D eigenvalue weighted by atomic mass is 32.2. The monoisotopic (exact) mass is 275 g/mol. The quantitative estimate of drug-likeness (QED) is 0.930. The molecule has 2 heterocycles. The van der Waals surface area contributed by atoms with Crippen LogP contribution in [0.3, 0.4) is 0 Å². The first-order valence-electron chi connectivity index (χ1n) is 6.45. The molecule has 100 valence electrons. The lowest BCUT2D eigenvalue weighted by molar-refractivity contribution is 0.714. The van der Waals surface area contributed by atoms with Crippen molar-refractivity contribution in [2.75, 3.05) is 11.1 Å². The number of aromatic nitrogens is 4. The van der Waals surface area contributed by atoms with Gasteiger partial charge in [0.25, 0.3) is 0 Å². The Balaban J connectivity index is 1.82. The summed E-state index contributed by atoms with van der Waals surface area (Å²) >= 11 is 2.03. The minimum absolute atomic E-state index is 0.554. The van der Waals surface area contributed by atoms with Crippen LogP contribution in [0.2, 0.25) is 0 Å². The highest BCUT2D eigenvalue weighted by molar-refractivity contribution is 8.00. The number of tetrazole rings is 1. The first-order chi connectivity index (χ1) is 9.24. The molecule has 2 atom stereocenters. The minimum atomic E-state index is 0.554. The maximum atomic E-state index is 4.04. The standard InChI is InChI=1S/C13H17N5S/c1-9-12(6-7-19-9)14-11-5-3-4-10(8-11)13-15-16-17-18(13)2/h3-5,8-9,12,14H,6-7H2,1-2H3. The van der Waals surface area contributed by atoms with E-state index in [1.807, 2.05) is 30.9 Å². The number of aryl methyl sites for hydroxylation is 1.